The number of imide groups is 2. The lowest BCUT2D eigenvalue weighted by Gasteiger charge is -2.34. The minimum absolute atomic E-state index is 0.313. The van der Waals surface area contributed by atoms with Crippen LogP contribution in [0.5, 0.6) is 5.75 Å². The summed E-state index contributed by atoms with van der Waals surface area (Å²) in [7, 11) is 1.45. The number of benzene rings is 1. The van der Waals surface area contributed by atoms with Crippen molar-refractivity contribution >= 4 is 23.5 Å². The van der Waals surface area contributed by atoms with Crippen molar-refractivity contribution in [1.29, 1.82) is 0 Å². The molecule has 1 fully saturated rings. The molecule has 19 heavy (non-hydrogen) atoms. The highest BCUT2D eigenvalue weighted by Gasteiger charge is 2.48. The quantitative estimate of drug-likeness (QED) is 0.815. The number of carbonyl (C=O) groups is 3. The van der Waals surface area contributed by atoms with Crippen LogP contribution in [0.25, 0.3) is 0 Å². The first kappa shape index (κ1) is 13.1. The molecule has 0 aromatic heterocycles. The number of carbonyl (C=O) groups excluding carboxylic acids is 3. The Bertz CT molecular complexity index is 566. The molecule has 0 radical (unpaired) electrons. The molecule has 1 aromatic carbocycles. The summed E-state index contributed by atoms with van der Waals surface area (Å²) in [4.78, 5) is 36.8. The summed E-state index contributed by atoms with van der Waals surface area (Å²) >= 11 is 0. The third-order valence-electron chi connectivity index (χ3n) is 3.06. The molecule has 0 atom stereocenters. The molecule has 2 rings (SSSR count). The van der Waals surface area contributed by atoms with Crippen LogP contribution in [0.1, 0.15) is 13.8 Å². The fourth-order valence-corrected chi connectivity index (χ4v) is 1.81. The predicted octanol–water partition coefficient (Wildman–Crippen LogP) is 1.30. The van der Waals surface area contributed by atoms with Crippen molar-refractivity contribution in [2.75, 3.05) is 12.0 Å². The van der Waals surface area contributed by atoms with E-state index >= 15 is 0 Å². The number of anilines is 1. The molecule has 1 aromatic rings. The third-order valence-corrected chi connectivity index (χ3v) is 3.06. The normalized spacial score (nSPS) is 18.3. The Kier molecular flexibility index (Phi) is 3.01. The molecule has 0 spiro atoms. The maximum Gasteiger partial charge on any atom is 0.335 e. The van der Waals surface area contributed by atoms with Crippen molar-refractivity contribution < 1.29 is 19.1 Å². The zero-order valence-electron chi connectivity index (χ0n) is 10.9. The molecule has 6 heteroatoms. The number of para-hydroxylation sites is 2. The summed E-state index contributed by atoms with van der Waals surface area (Å²) in [5.41, 5.74) is -0.984. The van der Waals surface area contributed by atoms with E-state index in [1.165, 1.54) is 21.0 Å². The molecule has 1 N–H and O–H groups in total. The molecule has 6 nitrogen and oxygen atoms in total. The summed E-state index contributed by atoms with van der Waals surface area (Å²) in [6.07, 6.45) is 0. The van der Waals surface area contributed by atoms with Gasteiger partial charge in [0.1, 0.15) is 11.2 Å². The van der Waals surface area contributed by atoms with E-state index in [1.807, 2.05) is 0 Å². The van der Waals surface area contributed by atoms with Gasteiger partial charge in [0.15, 0.2) is 0 Å². The van der Waals surface area contributed by atoms with E-state index in [0.29, 0.717) is 11.4 Å². The first-order valence-electron chi connectivity index (χ1n) is 5.72. The van der Waals surface area contributed by atoms with Gasteiger partial charge in [0.2, 0.25) is 11.8 Å². The Hall–Kier alpha value is -2.37. The van der Waals surface area contributed by atoms with Gasteiger partial charge in [-0.2, -0.15) is 0 Å². The Morgan fingerprint density at radius 1 is 1.16 bits per heavy atom. The topological polar surface area (TPSA) is 75.7 Å². The van der Waals surface area contributed by atoms with E-state index in [9.17, 15) is 14.4 Å². The second kappa shape index (κ2) is 4.38. The Morgan fingerprint density at radius 3 is 2.42 bits per heavy atom. The summed E-state index contributed by atoms with van der Waals surface area (Å²) in [6.45, 7) is 2.94. The Labute approximate surface area is 110 Å². The number of hydrogen-bond donors (Lipinski definition) is 1. The van der Waals surface area contributed by atoms with Crippen molar-refractivity contribution in [3.8, 4) is 5.75 Å². The average molecular weight is 262 g/mol. The molecular formula is C13H14N2O4. The van der Waals surface area contributed by atoms with Crippen LogP contribution in [0.3, 0.4) is 0 Å². The number of nitrogens with one attached hydrogen (secondary N) is 1. The van der Waals surface area contributed by atoms with E-state index in [4.69, 9.17) is 4.74 Å². The highest BCUT2D eigenvalue weighted by atomic mass is 16.5. The fourth-order valence-electron chi connectivity index (χ4n) is 1.81. The van der Waals surface area contributed by atoms with Crippen LogP contribution >= 0.6 is 0 Å². The summed E-state index contributed by atoms with van der Waals surface area (Å²) < 4.78 is 5.13. The molecule has 1 heterocycles. The van der Waals surface area contributed by atoms with Gasteiger partial charge in [-0.15, -0.1) is 0 Å². The first-order valence-corrected chi connectivity index (χ1v) is 5.72. The van der Waals surface area contributed by atoms with Crippen LogP contribution in [0.2, 0.25) is 0 Å². The molecule has 0 bridgehead atoms. The number of ether oxygens (including phenoxy) is 1. The summed E-state index contributed by atoms with van der Waals surface area (Å²) in [6, 6.07) is 5.87. The van der Waals surface area contributed by atoms with Crippen molar-refractivity contribution in [3.05, 3.63) is 24.3 Å². The van der Waals surface area contributed by atoms with Gasteiger partial charge in [-0.25, -0.2) is 9.69 Å². The zero-order valence-corrected chi connectivity index (χ0v) is 10.9. The molecule has 0 saturated carbocycles. The highest BCUT2D eigenvalue weighted by Crippen LogP contribution is 2.33. The number of amides is 4. The molecule has 1 aliphatic heterocycles. The lowest BCUT2D eigenvalue weighted by molar-refractivity contribution is -0.140. The van der Waals surface area contributed by atoms with Crippen molar-refractivity contribution in [3.63, 3.8) is 0 Å². The SMILES string of the molecule is COc1ccccc1N1C(=O)NC(=O)C(C)(C)C1=O. The first-order chi connectivity index (χ1) is 8.89. The van der Waals surface area contributed by atoms with Crippen LogP contribution in [-0.2, 0) is 9.59 Å². The van der Waals surface area contributed by atoms with E-state index in [1.54, 1.807) is 24.3 Å². The lowest BCUT2D eigenvalue weighted by Crippen LogP contribution is -2.62. The lowest BCUT2D eigenvalue weighted by atomic mass is 9.88. The molecule has 4 amide bonds. The maximum atomic E-state index is 12.3. The van der Waals surface area contributed by atoms with Crippen molar-refractivity contribution in [2.24, 2.45) is 5.41 Å². The number of methoxy groups -OCH3 is 1. The van der Waals surface area contributed by atoms with Crippen LogP contribution in [0.15, 0.2) is 24.3 Å². The molecule has 0 unspecified atom stereocenters. The molecule has 0 aliphatic carbocycles. The van der Waals surface area contributed by atoms with Crippen molar-refractivity contribution in [1.82, 2.24) is 5.32 Å². The van der Waals surface area contributed by atoms with Gasteiger partial charge < -0.3 is 4.74 Å². The Morgan fingerprint density at radius 2 is 1.79 bits per heavy atom. The standard InChI is InChI=1S/C13H14N2O4/c1-13(2)10(16)14-12(18)15(11(13)17)8-6-4-5-7-9(8)19-3/h4-7H,1-3H3,(H,14,16,18). The van der Waals surface area contributed by atoms with Gasteiger partial charge in [0, 0.05) is 0 Å². The second-order valence-corrected chi connectivity index (χ2v) is 4.70. The largest absolute Gasteiger partial charge is 0.495 e. The van der Waals surface area contributed by atoms with Gasteiger partial charge in [-0.3, -0.25) is 14.9 Å². The van der Waals surface area contributed by atoms with Crippen molar-refractivity contribution in [2.45, 2.75) is 13.8 Å². The predicted molar refractivity (Wildman–Crippen MR) is 67.8 cm³/mol. The zero-order chi connectivity index (χ0) is 14.2. The van der Waals surface area contributed by atoms with Crippen LogP contribution < -0.4 is 15.0 Å². The number of urea groups is 1. The van der Waals surface area contributed by atoms with E-state index in [-0.39, 0.29) is 0 Å². The monoisotopic (exact) mass is 262 g/mol. The van der Waals surface area contributed by atoms with E-state index in [2.05, 4.69) is 5.32 Å². The Balaban J connectivity index is 2.52. The molecule has 1 saturated heterocycles. The van der Waals surface area contributed by atoms with Gasteiger partial charge >= 0.3 is 6.03 Å². The number of hydrogen-bond acceptors (Lipinski definition) is 4. The van der Waals surface area contributed by atoms with Gasteiger partial charge in [-0.1, -0.05) is 12.1 Å². The molecule has 1 aliphatic rings. The summed E-state index contributed by atoms with van der Waals surface area (Å²) in [5.74, 6) is -0.796. The van der Waals surface area contributed by atoms with E-state index < -0.39 is 23.3 Å². The number of nitrogens with zero attached hydrogens (tertiary/aromatic N) is 1. The van der Waals surface area contributed by atoms with Gasteiger partial charge in [-0.05, 0) is 26.0 Å². The minimum atomic E-state index is -1.30. The number of rotatable bonds is 2. The smallest absolute Gasteiger partial charge is 0.335 e. The average Bonchev–Trinajstić information content (AvgIpc) is 2.37. The summed E-state index contributed by atoms with van der Waals surface area (Å²) in [5, 5.41) is 2.17. The van der Waals surface area contributed by atoms with Gasteiger partial charge in [0.25, 0.3) is 0 Å². The van der Waals surface area contributed by atoms with Gasteiger partial charge in [0.05, 0.1) is 12.8 Å². The van der Waals surface area contributed by atoms with Crippen LogP contribution in [-0.4, -0.2) is 25.0 Å². The molecular weight excluding hydrogens is 248 g/mol. The highest BCUT2D eigenvalue weighted by molar-refractivity contribution is 6.29. The maximum absolute atomic E-state index is 12.3. The third kappa shape index (κ3) is 1.95. The van der Waals surface area contributed by atoms with E-state index in [0.717, 1.165) is 4.90 Å². The number of barbiturate groups is 1. The van der Waals surface area contributed by atoms with Crippen LogP contribution in [0, 0.1) is 5.41 Å². The van der Waals surface area contributed by atoms with Crippen LogP contribution in [0.4, 0.5) is 10.5 Å². The minimum Gasteiger partial charge on any atom is -0.495 e. The fraction of sp³-hybridized carbons (Fsp3) is 0.308. The second-order valence-electron chi connectivity index (χ2n) is 4.70. The molecule has 100 valence electrons.